The number of fused-ring (bicyclic) bond motifs is 1. The number of benzene rings is 1. The quantitative estimate of drug-likeness (QED) is 0.676. The Morgan fingerprint density at radius 1 is 1.17 bits per heavy atom. The lowest BCUT2D eigenvalue weighted by molar-refractivity contribution is 0.342. The second kappa shape index (κ2) is 6.40. The third-order valence-electron chi connectivity index (χ3n) is 3.15. The second-order valence-corrected chi connectivity index (χ2v) is 5.44. The zero-order chi connectivity index (χ0) is 16.4. The van der Waals surface area contributed by atoms with Crippen LogP contribution >= 0.6 is 23.2 Å². The lowest BCUT2D eigenvalue weighted by atomic mass is 10.1. The van der Waals surface area contributed by atoms with E-state index in [9.17, 15) is 4.79 Å². The van der Waals surface area contributed by atoms with Crippen molar-refractivity contribution >= 4 is 28.7 Å². The number of hydrogen-bond acceptors (Lipinski definition) is 4. The van der Waals surface area contributed by atoms with Gasteiger partial charge in [0.15, 0.2) is 0 Å². The van der Waals surface area contributed by atoms with Crippen LogP contribution in [0.3, 0.4) is 0 Å². The van der Waals surface area contributed by atoms with Gasteiger partial charge in [0.05, 0.1) is 21.1 Å². The molecular weight excluding hydrogens is 337 g/mol. The first-order chi connectivity index (χ1) is 11.1. The maximum atomic E-state index is 12.3. The van der Waals surface area contributed by atoms with Gasteiger partial charge in [-0.25, -0.2) is 4.52 Å². The molecule has 0 aliphatic heterocycles. The van der Waals surface area contributed by atoms with Crippen LogP contribution in [0.2, 0.25) is 10.0 Å². The molecule has 2 heterocycles. The van der Waals surface area contributed by atoms with E-state index in [2.05, 4.69) is 16.7 Å². The molecule has 5 nitrogen and oxygen atoms in total. The fourth-order valence-corrected chi connectivity index (χ4v) is 2.77. The summed E-state index contributed by atoms with van der Waals surface area (Å²) in [4.78, 5) is 16.1. The lowest BCUT2D eigenvalue weighted by Gasteiger charge is -2.10. The first-order valence-corrected chi connectivity index (χ1v) is 7.44. The van der Waals surface area contributed by atoms with Gasteiger partial charge >= 0.3 is 0 Å². The predicted molar refractivity (Wildman–Crippen MR) is 90.4 cm³/mol. The number of halogens is 2. The minimum absolute atomic E-state index is 0.297. The maximum absolute atomic E-state index is 12.3. The molecule has 3 aromatic rings. The summed E-state index contributed by atoms with van der Waals surface area (Å²) in [6.07, 6.45) is 2.94. The third-order valence-corrected chi connectivity index (χ3v) is 3.78. The molecule has 2 aromatic heterocycles. The van der Waals surface area contributed by atoms with Crippen LogP contribution in [-0.4, -0.2) is 21.2 Å². The van der Waals surface area contributed by atoms with Gasteiger partial charge in [0.1, 0.15) is 12.9 Å². The summed E-state index contributed by atoms with van der Waals surface area (Å²) in [6.45, 7) is 3.91. The van der Waals surface area contributed by atoms with Crippen LogP contribution in [0.5, 0.6) is 5.88 Å². The highest BCUT2D eigenvalue weighted by atomic mass is 35.5. The molecule has 0 N–H and O–H groups in total. The normalized spacial score (nSPS) is 10.7. The predicted octanol–water partition coefficient (Wildman–Crippen LogP) is 3.63. The Balaban J connectivity index is 2.26. The fourth-order valence-electron chi connectivity index (χ4n) is 2.18. The number of ether oxygens (including phenoxy) is 1. The van der Waals surface area contributed by atoms with Crippen molar-refractivity contribution < 1.29 is 4.74 Å². The number of aromatic nitrogens is 3. The SMILES string of the molecule is C=CCOc1ccc2c(-c3c(Cl)cccc3Cl)c(=O)ncn2n1. The molecule has 23 heavy (non-hydrogen) atoms. The average molecular weight is 348 g/mol. The Morgan fingerprint density at radius 2 is 1.91 bits per heavy atom. The van der Waals surface area contributed by atoms with Gasteiger partial charge in [0.2, 0.25) is 5.88 Å². The summed E-state index contributed by atoms with van der Waals surface area (Å²) in [5.74, 6) is 0.388. The van der Waals surface area contributed by atoms with E-state index in [-0.39, 0.29) is 0 Å². The minimum atomic E-state index is -0.429. The highest BCUT2D eigenvalue weighted by Gasteiger charge is 2.16. The molecule has 0 amide bonds. The second-order valence-electron chi connectivity index (χ2n) is 4.62. The van der Waals surface area contributed by atoms with E-state index in [1.165, 1.54) is 10.8 Å². The van der Waals surface area contributed by atoms with Crippen LogP contribution in [0.15, 0.2) is 54.1 Å². The van der Waals surface area contributed by atoms with Crippen LogP contribution < -0.4 is 10.3 Å². The van der Waals surface area contributed by atoms with Crippen molar-refractivity contribution in [2.24, 2.45) is 0 Å². The van der Waals surface area contributed by atoms with Crippen LogP contribution in [0.25, 0.3) is 16.6 Å². The van der Waals surface area contributed by atoms with Crippen LogP contribution in [-0.2, 0) is 0 Å². The third kappa shape index (κ3) is 2.93. The first kappa shape index (κ1) is 15.5. The molecular formula is C16H11Cl2N3O2. The highest BCUT2D eigenvalue weighted by Crippen LogP contribution is 2.34. The molecule has 0 atom stereocenters. The van der Waals surface area contributed by atoms with Gasteiger partial charge in [0, 0.05) is 11.6 Å². The topological polar surface area (TPSA) is 56.5 Å². The highest BCUT2D eigenvalue weighted by molar-refractivity contribution is 6.39. The molecule has 1 aromatic carbocycles. The Labute approximate surface area is 141 Å². The molecule has 3 rings (SSSR count). The van der Waals surface area contributed by atoms with Crippen molar-refractivity contribution in [1.82, 2.24) is 14.6 Å². The molecule has 0 spiro atoms. The molecule has 0 fully saturated rings. The van der Waals surface area contributed by atoms with Gasteiger partial charge in [-0.05, 0) is 18.2 Å². The summed E-state index contributed by atoms with van der Waals surface area (Å²) < 4.78 is 6.83. The molecule has 116 valence electrons. The van der Waals surface area contributed by atoms with E-state index < -0.39 is 5.56 Å². The molecule has 0 bridgehead atoms. The van der Waals surface area contributed by atoms with Gasteiger partial charge < -0.3 is 4.74 Å². The maximum Gasteiger partial charge on any atom is 0.281 e. The van der Waals surface area contributed by atoms with Crippen LogP contribution in [0.4, 0.5) is 0 Å². The van der Waals surface area contributed by atoms with Crippen molar-refractivity contribution in [3.63, 3.8) is 0 Å². The van der Waals surface area contributed by atoms with E-state index in [0.717, 1.165) is 0 Å². The summed E-state index contributed by atoms with van der Waals surface area (Å²) in [7, 11) is 0. The zero-order valence-corrected chi connectivity index (χ0v) is 13.4. The molecule has 0 radical (unpaired) electrons. The Bertz CT molecular complexity index is 933. The van der Waals surface area contributed by atoms with Crippen molar-refractivity contribution in [1.29, 1.82) is 0 Å². The van der Waals surface area contributed by atoms with Crippen molar-refractivity contribution in [2.75, 3.05) is 6.61 Å². The molecule has 0 aliphatic carbocycles. The van der Waals surface area contributed by atoms with Gasteiger partial charge in [-0.2, -0.15) is 4.98 Å². The van der Waals surface area contributed by atoms with Gasteiger partial charge in [-0.3, -0.25) is 4.79 Å². The monoisotopic (exact) mass is 347 g/mol. The lowest BCUT2D eigenvalue weighted by Crippen LogP contribution is -2.14. The van der Waals surface area contributed by atoms with E-state index in [1.807, 2.05) is 0 Å². The summed E-state index contributed by atoms with van der Waals surface area (Å²) in [5.41, 5.74) is 0.839. The smallest absolute Gasteiger partial charge is 0.281 e. The van der Waals surface area contributed by atoms with Gasteiger partial charge in [-0.15, -0.1) is 5.10 Å². The standard InChI is InChI=1S/C16H11Cl2N3O2/c1-2-8-23-13-7-6-12-15(16(22)19-9-21(12)20-13)14-10(17)4-3-5-11(14)18/h2-7,9H,1,8H2. The van der Waals surface area contributed by atoms with E-state index >= 15 is 0 Å². The Morgan fingerprint density at radius 3 is 2.61 bits per heavy atom. The Kier molecular flexibility index (Phi) is 4.32. The number of hydrogen-bond donors (Lipinski definition) is 0. The van der Waals surface area contributed by atoms with Crippen molar-refractivity contribution in [3.05, 3.63) is 69.7 Å². The fraction of sp³-hybridized carbons (Fsp3) is 0.0625. The van der Waals surface area contributed by atoms with Gasteiger partial charge in [-0.1, -0.05) is 41.9 Å². The minimum Gasteiger partial charge on any atom is -0.472 e. The van der Waals surface area contributed by atoms with Crippen LogP contribution in [0, 0.1) is 0 Å². The van der Waals surface area contributed by atoms with Crippen molar-refractivity contribution in [2.45, 2.75) is 0 Å². The van der Waals surface area contributed by atoms with E-state index in [1.54, 1.807) is 36.4 Å². The molecule has 7 heteroatoms. The summed E-state index contributed by atoms with van der Waals surface area (Å²) in [5, 5.41) is 5.00. The summed E-state index contributed by atoms with van der Waals surface area (Å²) >= 11 is 12.4. The van der Waals surface area contributed by atoms with Crippen molar-refractivity contribution in [3.8, 4) is 17.0 Å². The first-order valence-electron chi connectivity index (χ1n) is 6.68. The van der Waals surface area contributed by atoms with E-state index in [4.69, 9.17) is 27.9 Å². The molecule has 0 aliphatic rings. The Hall–Kier alpha value is -2.37. The number of rotatable bonds is 4. The molecule has 0 saturated carbocycles. The van der Waals surface area contributed by atoms with Crippen LogP contribution in [0.1, 0.15) is 0 Å². The largest absolute Gasteiger partial charge is 0.472 e. The summed E-state index contributed by atoms with van der Waals surface area (Å²) in [6, 6.07) is 8.42. The number of nitrogens with zero attached hydrogens (tertiary/aromatic N) is 3. The zero-order valence-electron chi connectivity index (χ0n) is 11.9. The molecule has 0 unspecified atom stereocenters. The molecule has 0 saturated heterocycles. The van der Waals surface area contributed by atoms with Gasteiger partial charge in [0.25, 0.3) is 5.56 Å². The van der Waals surface area contributed by atoms with E-state index in [0.29, 0.717) is 39.2 Å². The average Bonchev–Trinajstić information content (AvgIpc) is 2.54.